The summed E-state index contributed by atoms with van der Waals surface area (Å²) in [6, 6.07) is 4.11. The van der Waals surface area contributed by atoms with Crippen molar-refractivity contribution in [3.05, 3.63) is 34.9 Å². The third kappa shape index (κ3) is 4.27. The summed E-state index contributed by atoms with van der Waals surface area (Å²) >= 11 is 0. The minimum absolute atomic E-state index is 0.104. The van der Waals surface area contributed by atoms with Gasteiger partial charge >= 0.3 is 0 Å². The average Bonchev–Trinajstić information content (AvgIpc) is 2.92. The molecule has 2 aliphatic rings. The van der Waals surface area contributed by atoms with Crippen LogP contribution in [0, 0.1) is 0 Å². The molecule has 0 saturated carbocycles. The van der Waals surface area contributed by atoms with Gasteiger partial charge in [-0.3, -0.25) is 29.4 Å². The molecule has 0 spiro atoms. The molecule has 9 nitrogen and oxygen atoms in total. The standard InChI is InChI=1S/C19H24N4O5/c20-6-1-8-28-9-7-21-11-12-2-3-13-14(10-12)19(27)23(18(13)26)15-4-5-16(24)22-17(15)25/h2-3,10,15,21H,1,4-9,11,20H2,(H,22,24,25). The van der Waals surface area contributed by atoms with E-state index < -0.39 is 29.7 Å². The van der Waals surface area contributed by atoms with E-state index in [9.17, 15) is 19.2 Å². The molecule has 0 radical (unpaired) electrons. The largest absolute Gasteiger partial charge is 0.380 e. The number of imide groups is 2. The van der Waals surface area contributed by atoms with E-state index in [-0.39, 0.29) is 24.0 Å². The molecule has 2 aliphatic heterocycles. The molecule has 28 heavy (non-hydrogen) atoms. The summed E-state index contributed by atoms with van der Waals surface area (Å²) in [5.41, 5.74) is 6.81. The van der Waals surface area contributed by atoms with E-state index in [1.54, 1.807) is 18.2 Å². The van der Waals surface area contributed by atoms with Crippen molar-refractivity contribution >= 4 is 23.6 Å². The van der Waals surface area contributed by atoms with Gasteiger partial charge in [-0.1, -0.05) is 6.07 Å². The predicted molar refractivity (Wildman–Crippen MR) is 99.3 cm³/mol. The summed E-state index contributed by atoms with van der Waals surface area (Å²) in [4.78, 5) is 49.7. The highest BCUT2D eigenvalue weighted by Gasteiger charge is 2.44. The van der Waals surface area contributed by atoms with Gasteiger partial charge in [0.05, 0.1) is 17.7 Å². The molecule has 9 heteroatoms. The second-order valence-corrected chi connectivity index (χ2v) is 6.76. The van der Waals surface area contributed by atoms with Crippen LogP contribution >= 0.6 is 0 Å². The fourth-order valence-corrected chi connectivity index (χ4v) is 3.29. The first-order valence-electron chi connectivity index (χ1n) is 9.36. The van der Waals surface area contributed by atoms with E-state index in [1.807, 2.05) is 0 Å². The molecule has 0 aliphatic carbocycles. The number of nitrogens with zero attached hydrogens (tertiary/aromatic N) is 1. The van der Waals surface area contributed by atoms with Crippen molar-refractivity contribution in [2.45, 2.75) is 31.8 Å². The Bertz CT molecular complexity index is 795. The van der Waals surface area contributed by atoms with E-state index in [1.165, 1.54) is 0 Å². The number of hydrogen-bond donors (Lipinski definition) is 3. The van der Waals surface area contributed by atoms with Crippen LogP contribution in [-0.4, -0.2) is 60.9 Å². The Kier molecular flexibility index (Phi) is 6.50. The summed E-state index contributed by atoms with van der Waals surface area (Å²) in [5.74, 6) is -2.00. The minimum atomic E-state index is -0.947. The molecule has 0 aromatic heterocycles. The van der Waals surface area contributed by atoms with Gasteiger partial charge in [0.2, 0.25) is 11.8 Å². The van der Waals surface area contributed by atoms with Crippen LogP contribution in [0.5, 0.6) is 0 Å². The second kappa shape index (κ2) is 9.05. The number of rotatable bonds is 9. The van der Waals surface area contributed by atoms with Gasteiger partial charge in [0.15, 0.2) is 0 Å². The Balaban J connectivity index is 1.60. The number of carbonyl (C=O) groups is 4. The molecule has 4 amide bonds. The highest BCUT2D eigenvalue weighted by Crippen LogP contribution is 2.28. The summed E-state index contributed by atoms with van der Waals surface area (Å²) in [5, 5.41) is 5.40. The van der Waals surface area contributed by atoms with Crippen molar-refractivity contribution < 1.29 is 23.9 Å². The molecule has 1 unspecified atom stereocenters. The lowest BCUT2D eigenvalue weighted by Crippen LogP contribution is -2.54. The van der Waals surface area contributed by atoms with E-state index in [0.717, 1.165) is 16.9 Å². The third-order valence-corrected chi connectivity index (χ3v) is 4.75. The number of amides is 4. The maximum Gasteiger partial charge on any atom is 0.262 e. The fraction of sp³-hybridized carbons (Fsp3) is 0.474. The lowest BCUT2D eigenvalue weighted by atomic mass is 10.0. The van der Waals surface area contributed by atoms with Crippen LogP contribution in [0.2, 0.25) is 0 Å². The van der Waals surface area contributed by atoms with Crippen molar-refractivity contribution in [1.82, 2.24) is 15.5 Å². The maximum absolute atomic E-state index is 12.8. The number of benzene rings is 1. The highest BCUT2D eigenvalue weighted by molar-refractivity contribution is 6.23. The third-order valence-electron chi connectivity index (χ3n) is 4.75. The first-order chi connectivity index (χ1) is 13.5. The zero-order valence-electron chi connectivity index (χ0n) is 15.5. The second-order valence-electron chi connectivity index (χ2n) is 6.76. The van der Waals surface area contributed by atoms with Crippen LogP contribution in [0.25, 0.3) is 0 Å². The van der Waals surface area contributed by atoms with Gasteiger partial charge in [0.1, 0.15) is 6.04 Å². The molecule has 4 N–H and O–H groups in total. The lowest BCUT2D eigenvalue weighted by molar-refractivity contribution is -0.136. The van der Waals surface area contributed by atoms with Gasteiger partial charge in [0, 0.05) is 26.1 Å². The number of ether oxygens (including phenoxy) is 1. The van der Waals surface area contributed by atoms with Gasteiger partial charge in [-0.2, -0.15) is 0 Å². The summed E-state index contributed by atoms with van der Waals surface area (Å²) in [6.45, 7) is 2.96. The molecule has 1 saturated heterocycles. The zero-order valence-corrected chi connectivity index (χ0v) is 15.5. The molecule has 150 valence electrons. The lowest BCUT2D eigenvalue weighted by Gasteiger charge is -2.27. The van der Waals surface area contributed by atoms with Crippen LogP contribution in [0.3, 0.4) is 0 Å². The van der Waals surface area contributed by atoms with Crippen LogP contribution in [0.1, 0.15) is 45.5 Å². The van der Waals surface area contributed by atoms with Gasteiger partial charge < -0.3 is 15.8 Å². The molecule has 3 rings (SSSR count). The van der Waals surface area contributed by atoms with Crippen molar-refractivity contribution in [2.24, 2.45) is 5.73 Å². The Morgan fingerprint density at radius 2 is 1.93 bits per heavy atom. The van der Waals surface area contributed by atoms with Crippen molar-refractivity contribution in [3.63, 3.8) is 0 Å². The number of carbonyl (C=O) groups excluding carboxylic acids is 4. The molecule has 0 bridgehead atoms. The summed E-state index contributed by atoms with van der Waals surface area (Å²) in [6.07, 6.45) is 1.08. The smallest absolute Gasteiger partial charge is 0.262 e. The van der Waals surface area contributed by atoms with Crippen molar-refractivity contribution in [1.29, 1.82) is 0 Å². The number of fused-ring (bicyclic) bond motifs is 1. The zero-order chi connectivity index (χ0) is 20.1. The summed E-state index contributed by atoms with van der Waals surface area (Å²) < 4.78 is 5.41. The first-order valence-corrected chi connectivity index (χ1v) is 9.36. The van der Waals surface area contributed by atoms with Crippen LogP contribution in [-0.2, 0) is 20.9 Å². The van der Waals surface area contributed by atoms with E-state index in [0.29, 0.717) is 32.8 Å². The van der Waals surface area contributed by atoms with Crippen LogP contribution in [0.15, 0.2) is 18.2 Å². The molecular formula is C19H24N4O5. The molecule has 1 fully saturated rings. The van der Waals surface area contributed by atoms with E-state index in [2.05, 4.69) is 10.6 Å². The number of piperidine rings is 1. The van der Waals surface area contributed by atoms with Gasteiger partial charge in [-0.25, -0.2) is 0 Å². The van der Waals surface area contributed by atoms with E-state index >= 15 is 0 Å². The van der Waals surface area contributed by atoms with Gasteiger partial charge in [-0.15, -0.1) is 0 Å². The number of hydrogen-bond acceptors (Lipinski definition) is 7. The Morgan fingerprint density at radius 1 is 1.14 bits per heavy atom. The highest BCUT2D eigenvalue weighted by atomic mass is 16.5. The van der Waals surface area contributed by atoms with Crippen molar-refractivity contribution in [3.8, 4) is 0 Å². The normalized spacial score (nSPS) is 19.2. The first kappa shape index (κ1) is 20.1. The fourth-order valence-electron chi connectivity index (χ4n) is 3.29. The Labute approximate surface area is 162 Å². The monoisotopic (exact) mass is 388 g/mol. The number of nitrogens with two attached hydrogens (primary N) is 1. The molecule has 1 atom stereocenters. The average molecular weight is 388 g/mol. The SMILES string of the molecule is NCCCOCCNCc1ccc2c(c1)C(=O)N(C1CCC(=O)NC1=O)C2=O. The Hall–Kier alpha value is -2.62. The van der Waals surface area contributed by atoms with E-state index in [4.69, 9.17) is 10.5 Å². The van der Waals surface area contributed by atoms with Crippen LogP contribution in [0.4, 0.5) is 0 Å². The topological polar surface area (TPSA) is 131 Å². The van der Waals surface area contributed by atoms with Gasteiger partial charge in [0.25, 0.3) is 11.8 Å². The predicted octanol–water partition coefficient (Wildman–Crippen LogP) is -0.457. The quantitative estimate of drug-likeness (QED) is 0.385. The Morgan fingerprint density at radius 3 is 2.68 bits per heavy atom. The molecule has 1 aromatic rings. The molecule has 1 aromatic carbocycles. The molecule has 2 heterocycles. The molecular weight excluding hydrogens is 364 g/mol. The maximum atomic E-state index is 12.8. The summed E-state index contributed by atoms with van der Waals surface area (Å²) in [7, 11) is 0. The number of nitrogens with one attached hydrogen (secondary N) is 2. The van der Waals surface area contributed by atoms with Crippen molar-refractivity contribution in [2.75, 3.05) is 26.3 Å². The minimum Gasteiger partial charge on any atom is -0.380 e. The van der Waals surface area contributed by atoms with Crippen LogP contribution < -0.4 is 16.4 Å². The van der Waals surface area contributed by atoms with Gasteiger partial charge in [-0.05, 0) is 37.1 Å².